The van der Waals surface area contributed by atoms with Crippen LogP contribution in [0.25, 0.3) is 10.9 Å². The molecule has 5 nitrogen and oxygen atoms in total. The van der Waals surface area contributed by atoms with Gasteiger partial charge in [-0.2, -0.15) is 5.26 Å². The van der Waals surface area contributed by atoms with E-state index < -0.39 is 6.04 Å². The quantitative estimate of drug-likeness (QED) is 0.822. The molecule has 1 aromatic heterocycles. The number of methoxy groups -OCH3 is 1. The van der Waals surface area contributed by atoms with E-state index in [1.165, 1.54) is 23.8 Å². The highest BCUT2D eigenvalue weighted by Gasteiger charge is 2.44. The van der Waals surface area contributed by atoms with E-state index in [-0.39, 0.29) is 17.9 Å². The molecular weight excluding hydrogens is 290 g/mol. The maximum Gasteiger partial charge on any atom is 0.311 e. The Balaban J connectivity index is 1.74. The van der Waals surface area contributed by atoms with Crippen LogP contribution < -0.4 is 0 Å². The number of rotatable bonds is 1. The summed E-state index contributed by atoms with van der Waals surface area (Å²) in [6.07, 6.45) is 2.47. The van der Waals surface area contributed by atoms with Crippen LogP contribution in [-0.4, -0.2) is 35.5 Å². The number of hydrogen-bond acceptors (Lipinski definition) is 4. The van der Waals surface area contributed by atoms with Gasteiger partial charge in [-0.3, -0.25) is 9.69 Å². The zero-order valence-corrected chi connectivity index (χ0v) is 13.1. The molecule has 1 N–H and O–H groups in total. The summed E-state index contributed by atoms with van der Waals surface area (Å²) in [7, 11) is 1.40. The first-order chi connectivity index (χ1) is 11.2. The minimum Gasteiger partial charge on any atom is -0.469 e. The van der Waals surface area contributed by atoms with Gasteiger partial charge in [-0.05, 0) is 30.9 Å². The number of carbonyl (C=O) groups is 1. The molecule has 23 heavy (non-hydrogen) atoms. The molecule has 1 saturated heterocycles. The van der Waals surface area contributed by atoms with Crippen LogP contribution in [0, 0.1) is 17.2 Å². The summed E-state index contributed by atoms with van der Waals surface area (Å²) in [6, 6.07) is 10.5. The lowest BCUT2D eigenvalue weighted by Gasteiger charge is -2.44. The number of benzene rings is 1. The minimum absolute atomic E-state index is 0.191. The Kier molecular flexibility index (Phi) is 3.35. The second-order valence-electron chi connectivity index (χ2n) is 6.35. The van der Waals surface area contributed by atoms with Crippen molar-refractivity contribution in [2.45, 2.75) is 31.3 Å². The molecule has 0 amide bonds. The number of carbonyl (C=O) groups excluding carboxylic acids is 1. The summed E-state index contributed by atoms with van der Waals surface area (Å²) < 4.78 is 4.89. The van der Waals surface area contributed by atoms with Crippen molar-refractivity contribution in [3.8, 4) is 6.07 Å². The molecule has 1 fully saturated rings. The Bertz CT molecular complexity index is 804. The zero-order valence-electron chi connectivity index (χ0n) is 13.1. The van der Waals surface area contributed by atoms with Gasteiger partial charge in [0.2, 0.25) is 0 Å². The lowest BCUT2D eigenvalue weighted by molar-refractivity contribution is -0.149. The number of aromatic amines is 1. The van der Waals surface area contributed by atoms with Crippen LogP contribution in [0.4, 0.5) is 0 Å². The van der Waals surface area contributed by atoms with Gasteiger partial charge in [-0.15, -0.1) is 0 Å². The van der Waals surface area contributed by atoms with Crippen LogP contribution in [0.2, 0.25) is 0 Å². The highest BCUT2D eigenvalue weighted by molar-refractivity contribution is 5.85. The summed E-state index contributed by atoms with van der Waals surface area (Å²) in [5, 5.41) is 10.9. The number of fused-ring (bicyclic) bond motifs is 5. The van der Waals surface area contributed by atoms with Gasteiger partial charge in [0.05, 0.1) is 25.1 Å². The van der Waals surface area contributed by atoms with E-state index in [2.05, 4.69) is 34.2 Å². The van der Waals surface area contributed by atoms with Crippen molar-refractivity contribution in [3.63, 3.8) is 0 Å². The summed E-state index contributed by atoms with van der Waals surface area (Å²) >= 11 is 0. The van der Waals surface area contributed by atoms with Crippen molar-refractivity contribution in [3.05, 3.63) is 35.5 Å². The van der Waals surface area contributed by atoms with E-state index in [0.29, 0.717) is 6.42 Å². The summed E-state index contributed by atoms with van der Waals surface area (Å²) in [5.41, 5.74) is 3.75. The molecule has 0 bridgehead atoms. The second kappa shape index (κ2) is 5.39. The van der Waals surface area contributed by atoms with Gasteiger partial charge in [-0.1, -0.05) is 18.2 Å². The Morgan fingerprint density at radius 3 is 3.00 bits per heavy atom. The third-order valence-corrected chi connectivity index (χ3v) is 5.33. The summed E-state index contributed by atoms with van der Waals surface area (Å²) in [4.78, 5) is 17.7. The molecule has 2 aliphatic rings. The van der Waals surface area contributed by atoms with Crippen LogP contribution in [0.15, 0.2) is 24.3 Å². The number of H-pyrrole nitrogens is 1. The molecule has 3 heterocycles. The second-order valence-corrected chi connectivity index (χ2v) is 6.35. The van der Waals surface area contributed by atoms with Crippen molar-refractivity contribution in [2.24, 2.45) is 5.92 Å². The smallest absolute Gasteiger partial charge is 0.311 e. The molecule has 2 aliphatic heterocycles. The average Bonchev–Trinajstić information content (AvgIpc) is 2.98. The van der Waals surface area contributed by atoms with Gasteiger partial charge in [0, 0.05) is 23.1 Å². The maximum absolute atomic E-state index is 12.0. The number of nitrogens with zero attached hydrogens (tertiary/aromatic N) is 2. The largest absolute Gasteiger partial charge is 0.469 e. The van der Waals surface area contributed by atoms with E-state index in [1.54, 1.807) is 0 Å². The topological polar surface area (TPSA) is 69.1 Å². The molecule has 0 saturated carbocycles. The van der Waals surface area contributed by atoms with E-state index in [0.717, 1.165) is 24.9 Å². The molecule has 1 aromatic carbocycles. The van der Waals surface area contributed by atoms with Gasteiger partial charge >= 0.3 is 5.97 Å². The Morgan fingerprint density at radius 2 is 2.22 bits per heavy atom. The fourth-order valence-electron chi connectivity index (χ4n) is 4.27. The van der Waals surface area contributed by atoms with Gasteiger partial charge in [0.15, 0.2) is 0 Å². The average molecular weight is 309 g/mol. The van der Waals surface area contributed by atoms with Gasteiger partial charge in [-0.25, -0.2) is 0 Å². The number of aromatic nitrogens is 1. The molecule has 2 aromatic rings. The maximum atomic E-state index is 12.0. The van der Waals surface area contributed by atoms with Crippen molar-refractivity contribution in [2.75, 3.05) is 13.7 Å². The third kappa shape index (κ3) is 2.06. The van der Waals surface area contributed by atoms with Crippen LogP contribution in [0.3, 0.4) is 0 Å². The third-order valence-electron chi connectivity index (χ3n) is 5.33. The van der Waals surface area contributed by atoms with Crippen molar-refractivity contribution >= 4 is 16.9 Å². The molecular formula is C18H19N3O2. The fourth-order valence-corrected chi connectivity index (χ4v) is 4.27. The van der Waals surface area contributed by atoms with Crippen LogP contribution in [0.1, 0.15) is 30.1 Å². The first kappa shape index (κ1) is 14.3. The molecule has 0 aliphatic carbocycles. The monoisotopic (exact) mass is 309 g/mol. The number of nitrogens with one attached hydrogen (secondary N) is 1. The molecule has 3 atom stereocenters. The Labute approximate surface area is 134 Å². The first-order valence-corrected chi connectivity index (χ1v) is 8.07. The Hall–Kier alpha value is -2.32. The normalized spacial score (nSPS) is 27.0. The molecule has 0 unspecified atom stereocenters. The number of nitriles is 1. The lowest BCUT2D eigenvalue weighted by Crippen LogP contribution is -2.51. The molecule has 0 radical (unpaired) electrons. The predicted molar refractivity (Wildman–Crippen MR) is 85.6 cm³/mol. The Morgan fingerprint density at radius 1 is 1.39 bits per heavy atom. The van der Waals surface area contributed by atoms with E-state index in [1.807, 2.05) is 6.07 Å². The fraction of sp³-hybridized carbons (Fsp3) is 0.444. The van der Waals surface area contributed by atoms with Crippen molar-refractivity contribution < 1.29 is 9.53 Å². The number of esters is 1. The number of para-hydroxylation sites is 1. The van der Waals surface area contributed by atoms with Crippen LogP contribution >= 0.6 is 0 Å². The van der Waals surface area contributed by atoms with Crippen molar-refractivity contribution in [1.29, 1.82) is 5.26 Å². The standard InChI is InChI=1S/C18H19N3O2/c1-23-18(22)13-6-7-15-17-12(8-9-21(15)16(13)10-19)11-4-2-3-5-14(11)20-17/h2-5,13,15-16,20H,6-9H2,1H3/t13-,15+,16-/m0/s1. The molecule has 5 heteroatoms. The number of ether oxygens (including phenoxy) is 1. The summed E-state index contributed by atoms with van der Waals surface area (Å²) in [6.45, 7) is 0.811. The lowest BCUT2D eigenvalue weighted by atomic mass is 9.81. The summed E-state index contributed by atoms with van der Waals surface area (Å²) in [5.74, 6) is -0.607. The highest BCUT2D eigenvalue weighted by Crippen LogP contribution is 2.43. The first-order valence-electron chi connectivity index (χ1n) is 8.07. The van der Waals surface area contributed by atoms with Crippen LogP contribution in [0.5, 0.6) is 0 Å². The predicted octanol–water partition coefficient (Wildman–Crippen LogP) is 2.54. The van der Waals surface area contributed by atoms with Gasteiger partial charge in [0.1, 0.15) is 6.04 Å². The van der Waals surface area contributed by atoms with Crippen molar-refractivity contribution in [1.82, 2.24) is 9.88 Å². The molecule has 4 rings (SSSR count). The van der Waals surface area contributed by atoms with E-state index in [4.69, 9.17) is 4.74 Å². The molecule has 0 spiro atoms. The van der Waals surface area contributed by atoms with Crippen LogP contribution in [-0.2, 0) is 16.0 Å². The molecule has 118 valence electrons. The SMILES string of the molecule is COC(=O)[C@H]1CC[C@@H]2c3[nH]c4ccccc4c3CCN2[C@H]1C#N. The van der Waals surface area contributed by atoms with E-state index >= 15 is 0 Å². The number of piperidine rings is 1. The minimum atomic E-state index is -0.402. The van der Waals surface area contributed by atoms with Gasteiger partial charge in [0.25, 0.3) is 0 Å². The van der Waals surface area contributed by atoms with E-state index in [9.17, 15) is 10.1 Å². The zero-order chi connectivity index (χ0) is 16.0. The number of hydrogen-bond donors (Lipinski definition) is 1. The van der Waals surface area contributed by atoms with Gasteiger partial charge < -0.3 is 9.72 Å². The highest BCUT2D eigenvalue weighted by atomic mass is 16.5.